The molecule has 2 saturated heterocycles. The molecule has 6 nitrogen and oxygen atoms in total. The molecule has 118 valence electrons. The summed E-state index contributed by atoms with van der Waals surface area (Å²) in [4.78, 5) is 27.3. The van der Waals surface area contributed by atoms with Gasteiger partial charge in [-0.15, -0.1) is 0 Å². The lowest BCUT2D eigenvalue weighted by Crippen LogP contribution is -2.51. The number of aliphatic hydroxyl groups excluding tert-OH is 1. The molecular formula is C15H24N2O4. The SMILES string of the molecule is O=C(O)[C@@H]1C[C@@H](O)CN1C(=O)N1CCCC1C1CCCC1. The van der Waals surface area contributed by atoms with Crippen LogP contribution < -0.4 is 0 Å². The highest BCUT2D eigenvalue weighted by Gasteiger charge is 2.44. The molecule has 21 heavy (non-hydrogen) atoms. The first-order valence-electron chi connectivity index (χ1n) is 8.06. The number of rotatable bonds is 2. The third-order valence-electron chi connectivity index (χ3n) is 5.30. The molecule has 3 fully saturated rings. The zero-order valence-electron chi connectivity index (χ0n) is 12.3. The van der Waals surface area contributed by atoms with Crippen LogP contribution in [0.5, 0.6) is 0 Å². The fourth-order valence-corrected chi connectivity index (χ4v) is 4.29. The number of amides is 2. The van der Waals surface area contributed by atoms with Gasteiger partial charge in [-0.25, -0.2) is 9.59 Å². The van der Waals surface area contributed by atoms with Crippen molar-refractivity contribution in [3.05, 3.63) is 0 Å². The molecule has 3 atom stereocenters. The Morgan fingerprint density at radius 2 is 1.71 bits per heavy atom. The lowest BCUT2D eigenvalue weighted by molar-refractivity contribution is -0.141. The molecule has 1 saturated carbocycles. The Balaban J connectivity index is 1.72. The average Bonchev–Trinajstić information content (AvgIpc) is 3.17. The number of carboxylic acid groups (broad SMARTS) is 1. The smallest absolute Gasteiger partial charge is 0.326 e. The highest BCUT2D eigenvalue weighted by molar-refractivity contribution is 5.84. The van der Waals surface area contributed by atoms with Crippen molar-refractivity contribution < 1.29 is 19.8 Å². The third-order valence-corrected chi connectivity index (χ3v) is 5.30. The van der Waals surface area contributed by atoms with Crippen molar-refractivity contribution in [2.24, 2.45) is 5.92 Å². The molecule has 0 aromatic heterocycles. The number of likely N-dealkylation sites (tertiary alicyclic amines) is 2. The van der Waals surface area contributed by atoms with Gasteiger partial charge in [0, 0.05) is 25.6 Å². The highest BCUT2D eigenvalue weighted by Crippen LogP contribution is 2.36. The maximum Gasteiger partial charge on any atom is 0.326 e. The van der Waals surface area contributed by atoms with Crippen LogP contribution >= 0.6 is 0 Å². The molecule has 0 radical (unpaired) electrons. The molecule has 0 aromatic rings. The number of hydrogen-bond donors (Lipinski definition) is 2. The second-order valence-electron chi connectivity index (χ2n) is 6.63. The summed E-state index contributed by atoms with van der Waals surface area (Å²) in [6.45, 7) is 0.864. The predicted octanol–water partition coefficient (Wildman–Crippen LogP) is 1.28. The zero-order chi connectivity index (χ0) is 15.0. The summed E-state index contributed by atoms with van der Waals surface area (Å²) in [5.74, 6) is -0.441. The number of carboxylic acids is 1. The third kappa shape index (κ3) is 2.73. The van der Waals surface area contributed by atoms with Gasteiger partial charge in [0.15, 0.2) is 0 Å². The molecule has 0 bridgehead atoms. The Bertz CT molecular complexity index is 422. The maximum absolute atomic E-state index is 12.8. The molecule has 2 heterocycles. The van der Waals surface area contributed by atoms with E-state index in [2.05, 4.69) is 0 Å². The fourth-order valence-electron chi connectivity index (χ4n) is 4.29. The Morgan fingerprint density at radius 3 is 2.38 bits per heavy atom. The molecule has 2 aliphatic heterocycles. The number of hydrogen-bond acceptors (Lipinski definition) is 3. The summed E-state index contributed by atoms with van der Waals surface area (Å²) in [6, 6.07) is -0.794. The lowest BCUT2D eigenvalue weighted by atomic mass is 9.96. The van der Waals surface area contributed by atoms with Crippen LogP contribution in [0.1, 0.15) is 44.9 Å². The van der Waals surface area contributed by atoms with E-state index in [4.69, 9.17) is 0 Å². The standard InChI is InChI=1S/C15H24N2O4/c18-11-8-13(14(19)20)17(9-11)15(21)16-7-3-6-12(16)10-4-1-2-5-10/h10-13,18H,1-9H2,(H,19,20)/t11-,12?,13+/m1/s1. The van der Waals surface area contributed by atoms with E-state index in [-0.39, 0.29) is 25.0 Å². The van der Waals surface area contributed by atoms with Gasteiger partial charge in [-0.1, -0.05) is 12.8 Å². The van der Waals surface area contributed by atoms with Gasteiger partial charge in [0.1, 0.15) is 6.04 Å². The minimum absolute atomic E-state index is 0.142. The summed E-state index contributed by atoms with van der Waals surface area (Å²) in [5.41, 5.74) is 0. The number of carbonyl (C=O) groups is 2. The average molecular weight is 296 g/mol. The largest absolute Gasteiger partial charge is 0.480 e. The summed E-state index contributed by atoms with van der Waals surface area (Å²) >= 11 is 0. The second kappa shape index (κ2) is 5.83. The van der Waals surface area contributed by atoms with Crippen LogP contribution in [0.4, 0.5) is 4.79 Å². The summed E-state index contributed by atoms with van der Waals surface area (Å²) < 4.78 is 0. The summed E-state index contributed by atoms with van der Waals surface area (Å²) in [6.07, 6.45) is 6.29. The molecule has 0 spiro atoms. The van der Waals surface area contributed by atoms with E-state index in [1.54, 1.807) is 0 Å². The van der Waals surface area contributed by atoms with Crippen molar-refractivity contribution in [1.29, 1.82) is 0 Å². The molecule has 2 N–H and O–H groups in total. The van der Waals surface area contributed by atoms with E-state index < -0.39 is 18.1 Å². The Morgan fingerprint density at radius 1 is 1.00 bits per heavy atom. The van der Waals surface area contributed by atoms with Crippen LogP contribution in [0.3, 0.4) is 0 Å². The molecule has 0 aromatic carbocycles. The molecule has 2 amide bonds. The van der Waals surface area contributed by atoms with Gasteiger partial charge in [0.05, 0.1) is 6.10 Å². The molecular weight excluding hydrogens is 272 g/mol. The van der Waals surface area contributed by atoms with E-state index in [1.807, 2.05) is 4.90 Å². The number of nitrogens with zero attached hydrogens (tertiary/aromatic N) is 2. The molecule has 6 heteroatoms. The first-order valence-corrected chi connectivity index (χ1v) is 8.06. The van der Waals surface area contributed by atoms with Crippen LogP contribution in [0.15, 0.2) is 0 Å². The first-order chi connectivity index (χ1) is 10.1. The topological polar surface area (TPSA) is 81.1 Å². The van der Waals surface area contributed by atoms with Gasteiger partial charge < -0.3 is 20.0 Å². The van der Waals surface area contributed by atoms with Crippen LogP contribution in [0.2, 0.25) is 0 Å². The quantitative estimate of drug-likeness (QED) is 0.804. The van der Waals surface area contributed by atoms with Crippen molar-refractivity contribution in [2.45, 2.75) is 63.1 Å². The molecule has 3 rings (SSSR count). The van der Waals surface area contributed by atoms with E-state index in [9.17, 15) is 19.8 Å². The molecule has 1 aliphatic carbocycles. The first kappa shape index (κ1) is 14.6. The normalized spacial score (nSPS) is 33.9. The Hall–Kier alpha value is -1.30. The Labute approximate surface area is 124 Å². The minimum atomic E-state index is -1.02. The second-order valence-corrected chi connectivity index (χ2v) is 6.63. The van der Waals surface area contributed by atoms with Gasteiger partial charge in [0.25, 0.3) is 0 Å². The van der Waals surface area contributed by atoms with Gasteiger partial charge in [-0.3, -0.25) is 0 Å². The van der Waals surface area contributed by atoms with Crippen molar-refractivity contribution in [3.8, 4) is 0 Å². The van der Waals surface area contributed by atoms with Crippen molar-refractivity contribution >= 4 is 12.0 Å². The van der Waals surface area contributed by atoms with E-state index >= 15 is 0 Å². The van der Waals surface area contributed by atoms with E-state index in [0.29, 0.717) is 5.92 Å². The lowest BCUT2D eigenvalue weighted by Gasteiger charge is -2.34. The maximum atomic E-state index is 12.8. The predicted molar refractivity (Wildman–Crippen MR) is 75.8 cm³/mol. The molecule has 3 aliphatic rings. The van der Waals surface area contributed by atoms with Crippen LogP contribution in [-0.4, -0.2) is 63.3 Å². The number of aliphatic hydroxyl groups is 1. The number of β-amino-alcohol motifs (C(OH)–C–C–N with tert-alkyl or cyclic N) is 1. The van der Waals surface area contributed by atoms with Gasteiger partial charge in [-0.2, -0.15) is 0 Å². The van der Waals surface area contributed by atoms with Crippen LogP contribution in [0.25, 0.3) is 0 Å². The Kier molecular flexibility index (Phi) is 4.06. The number of aliphatic carboxylic acids is 1. The van der Waals surface area contributed by atoms with Crippen LogP contribution in [0, 0.1) is 5.92 Å². The van der Waals surface area contributed by atoms with Gasteiger partial charge in [0.2, 0.25) is 0 Å². The van der Waals surface area contributed by atoms with Gasteiger partial charge >= 0.3 is 12.0 Å². The fraction of sp³-hybridized carbons (Fsp3) is 0.867. The molecule has 1 unspecified atom stereocenters. The number of urea groups is 1. The highest BCUT2D eigenvalue weighted by atomic mass is 16.4. The monoisotopic (exact) mass is 296 g/mol. The van der Waals surface area contributed by atoms with Gasteiger partial charge in [-0.05, 0) is 31.6 Å². The minimum Gasteiger partial charge on any atom is -0.480 e. The van der Waals surface area contributed by atoms with Crippen LogP contribution in [-0.2, 0) is 4.79 Å². The van der Waals surface area contributed by atoms with Crippen molar-refractivity contribution in [1.82, 2.24) is 9.80 Å². The zero-order valence-corrected chi connectivity index (χ0v) is 12.3. The summed E-state index contributed by atoms with van der Waals surface area (Å²) in [7, 11) is 0. The van der Waals surface area contributed by atoms with E-state index in [1.165, 1.54) is 30.6 Å². The van der Waals surface area contributed by atoms with Crippen molar-refractivity contribution in [2.75, 3.05) is 13.1 Å². The summed E-state index contributed by atoms with van der Waals surface area (Å²) in [5, 5.41) is 19.0. The van der Waals surface area contributed by atoms with E-state index in [0.717, 1.165) is 19.4 Å². The van der Waals surface area contributed by atoms with Crippen molar-refractivity contribution in [3.63, 3.8) is 0 Å². The number of carbonyl (C=O) groups excluding carboxylic acids is 1.